The highest BCUT2D eigenvalue weighted by Crippen LogP contribution is 2.09. The van der Waals surface area contributed by atoms with E-state index in [9.17, 15) is 0 Å². The van der Waals surface area contributed by atoms with Crippen LogP contribution in [0.1, 0.15) is 24.8 Å². The van der Waals surface area contributed by atoms with Crippen molar-refractivity contribution in [2.24, 2.45) is 0 Å². The maximum Gasteiger partial charge on any atom is 0.0582 e. The molecule has 1 N–H and O–H groups in total. The maximum absolute atomic E-state index is 3.47. The standard InChI is InChI=1S/C15H17N/c1-3-8-14(9-4-1)10-7-13-16-15-11-5-2-6-12-15/h1-5,8-9,15-16H,6,11-13H2. The van der Waals surface area contributed by atoms with Crippen molar-refractivity contribution in [1.29, 1.82) is 0 Å². The SMILES string of the molecule is C(#Cc1ccccc1)CNC1CC=CCC1. The molecule has 0 bridgehead atoms. The van der Waals surface area contributed by atoms with Gasteiger partial charge in [-0.25, -0.2) is 0 Å². The van der Waals surface area contributed by atoms with Crippen molar-refractivity contribution in [3.8, 4) is 11.8 Å². The minimum absolute atomic E-state index is 0.620. The molecule has 1 unspecified atom stereocenters. The molecular formula is C15H17N. The van der Waals surface area contributed by atoms with E-state index >= 15 is 0 Å². The molecule has 0 fully saturated rings. The van der Waals surface area contributed by atoms with Gasteiger partial charge in [-0.15, -0.1) is 0 Å². The molecule has 1 atom stereocenters. The van der Waals surface area contributed by atoms with Gasteiger partial charge in [-0.2, -0.15) is 0 Å². The van der Waals surface area contributed by atoms with Crippen LogP contribution >= 0.6 is 0 Å². The van der Waals surface area contributed by atoms with Gasteiger partial charge in [0.15, 0.2) is 0 Å². The van der Waals surface area contributed by atoms with Gasteiger partial charge in [0.05, 0.1) is 6.54 Å². The Balaban J connectivity index is 1.76. The number of hydrogen-bond donors (Lipinski definition) is 1. The first-order chi connectivity index (χ1) is 7.95. The molecule has 1 aromatic rings. The molecule has 0 aliphatic heterocycles. The van der Waals surface area contributed by atoms with Gasteiger partial charge in [-0.05, 0) is 31.4 Å². The summed E-state index contributed by atoms with van der Waals surface area (Å²) in [7, 11) is 0. The molecule has 2 rings (SSSR count). The van der Waals surface area contributed by atoms with Crippen molar-refractivity contribution in [3.05, 3.63) is 48.0 Å². The van der Waals surface area contributed by atoms with E-state index in [1.165, 1.54) is 12.8 Å². The molecule has 0 amide bonds. The molecule has 1 aliphatic carbocycles. The first-order valence-electron chi connectivity index (χ1n) is 5.87. The molecule has 0 saturated carbocycles. The van der Waals surface area contributed by atoms with E-state index < -0.39 is 0 Å². The minimum Gasteiger partial charge on any atom is -0.303 e. The van der Waals surface area contributed by atoms with Crippen molar-refractivity contribution in [3.63, 3.8) is 0 Å². The quantitative estimate of drug-likeness (QED) is 0.586. The van der Waals surface area contributed by atoms with Gasteiger partial charge < -0.3 is 5.32 Å². The van der Waals surface area contributed by atoms with Crippen LogP contribution in [-0.2, 0) is 0 Å². The Labute approximate surface area is 97.6 Å². The van der Waals surface area contributed by atoms with Gasteiger partial charge >= 0.3 is 0 Å². The number of hydrogen-bond acceptors (Lipinski definition) is 1. The van der Waals surface area contributed by atoms with E-state index in [1.807, 2.05) is 30.3 Å². The fourth-order valence-corrected chi connectivity index (χ4v) is 1.84. The highest BCUT2D eigenvalue weighted by Gasteiger charge is 2.06. The van der Waals surface area contributed by atoms with Crippen LogP contribution in [0.25, 0.3) is 0 Å². The summed E-state index contributed by atoms with van der Waals surface area (Å²) in [6, 6.07) is 10.7. The minimum atomic E-state index is 0.620. The normalized spacial score (nSPS) is 18.9. The van der Waals surface area contributed by atoms with Crippen LogP contribution < -0.4 is 5.32 Å². The lowest BCUT2D eigenvalue weighted by Crippen LogP contribution is -2.29. The van der Waals surface area contributed by atoms with Crippen LogP contribution in [0.15, 0.2) is 42.5 Å². The summed E-state index contributed by atoms with van der Waals surface area (Å²) < 4.78 is 0. The maximum atomic E-state index is 3.47. The lowest BCUT2D eigenvalue weighted by molar-refractivity contribution is 0.502. The highest BCUT2D eigenvalue weighted by molar-refractivity contribution is 5.33. The molecule has 0 spiro atoms. The van der Waals surface area contributed by atoms with E-state index in [1.54, 1.807) is 0 Å². The van der Waals surface area contributed by atoms with Crippen molar-refractivity contribution in [2.45, 2.75) is 25.3 Å². The summed E-state index contributed by atoms with van der Waals surface area (Å²) in [5.74, 6) is 6.32. The fourth-order valence-electron chi connectivity index (χ4n) is 1.84. The van der Waals surface area contributed by atoms with Gasteiger partial charge in [0.2, 0.25) is 0 Å². The molecule has 0 saturated heterocycles. The number of nitrogens with one attached hydrogen (secondary N) is 1. The van der Waals surface area contributed by atoms with Gasteiger partial charge in [0, 0.05) is 11.6 Å². The van der Waals surface area contributed by atoms with Gasteiger partial charge in [0.25, 0.3) is 0 Å². The van der Waals surface area contributed by atoms with Crippen molar-refractivity contribution in [2.75, 3.05) is 6.54 Å². The van der Waals surface area contributed by atoms with Gasteiger partial charge in [-0.3, -0.25) is 0 Å². The smallest absolute Gasteiger partial charge is 0.0582 e. The highest BCUT2D eigenvalue weighted by atomic mass is 14.9. The lowest BCUT2D eigenvalue weighted by atomic mass is 10.0. The summed E-state index contributed by atoms with van der Waals surface area (Å²) in [4.78, 5) is 0. The number of rotatable bonds is 2. The topological polar surface area (TPSA) is 12.0 Å². The zero-order valence-corrected chi connectivity index (χ0v) is 9.45. The third kappa shape index (κ3) is 3.56. The van der Waals surface area contributed by atoms with E-state index in [0.29, 0.717) is 6.04 Å². The van der Waals surface area contributed by atoms with Crippen LogP contribution in [0.2, 0.25) is 0 Å². The second kappa shape index (κ2) is 6.15. The monoisotopic (exact) mass is 211 g/mol. The average molecular weight is 211 g/mol. The molecule has 0 aromatic heterocycles. The van der Waals surface area contributed by atoms with Crippen molar-refractivity contribution < 1.29 is 0 Å². The van der Waals surface area contributed by atoms with Crippen LogP contribution in [0, 0.1) is 11.8 Å². The predicted octanol–water partition coefficient (Wildman–Crippen LogP) is 2.74. The summed E-state index contributed by atoms with van der Waals surface area (Å²) >= 11 is 0. The molecule has 82 valence electrons. The second-order valence-corrected chi connectivity index (χ2v) is 4.03. The fraction of sp³-hybridized carbons (Fsp3) is 0.333. The molecule has 1 aromatic carbocycles. The van der Waals surface area contributed by atoms with Crippen molar-refractivity contribution in [1.82, 2.24) is 5.32 Å². The predicted molar refractivity (Wildman–Crippen MR) is 68.1 cm³/mol. The zero-order chi connectivity index (χ0) is 11.1. The summed E-state index contributed by atoms with van der Waals surface area (Å²) in [5, 5.41) is 3.47. The molecule has 16 heavy (non-hydrogen) atoms. The third-order valence-electron chi connectivity index (χ3n) is 2.75. The van der Waals surface area contributed by atoms with E-state index in [2.05, 4.69) is 29.3 Å². The Morgan fingerprint density at radius 2 is 2.06 bits per heavy atom. The number of allylic oxidation sites excluding steroid dienone is 1. The van der Waals surface area contributed by atoms with E-state index in [0.717, 1.165) is 18.5 Å². The second-order valence-electron chi connectivity index (χ2n) is 4.03. The van der Waals surface area contributed by atoms with Crippen LogP contribution in [0.5, 0.6) is 0 Å². The third-order valence-corrected chi connectivity index (χ3v) is 2.75. The van der Waals surface area contributed by atoms with Crippen molar-refractivity contribution >= 4 is 0 Å². The molecule has 0 heterocycles. The van der Waals surface area contributed by atoms with E-state index in [-0.39, 0.29) is 0 Å². The Morgan fingerprint density at radius 1 is 1.19 bits per heavy atom. The largest absolute Gasteiger partial charge is 0.303 e. The first kappa shape index (κ1) is 11.0. The summed E-state index contributed by atoms with van der Waals surface area (Å²) in [6.07, 6.45) is 8.10. The summed E-state index contributed by atoms with van der Waals surface area (Å²) in [6.45, 7) is 0.785. The van der Waals surface area contributed by atoms with Gasteiger partial charge in [-0.1, -0.05) is 42.2 Å². The molecule has 0 radical (unpaired) electrons. The van der Waals surface area contributed by atoms with Crippen LogP contribution in [-0.4, -0.2) is 12.6 Å². The lowest BCUT2D eigenvalue weighted by Gasteiger charge is -2.17. The summed E-state index contributed by atoms with van der Waals surface area (Å²) in [5.41, 5.74) is 1.09. The Bertz CT molecular complexity index is 394. The number of benzene rings is 1. The molecule has 1 heteroatoms. The Hall–Kier alpha value is -1.52. The van der Waals surface area contributed by atoms with Crippen LogP contribution in [0.3, 0.4) is 0 Å². The zero-order valence-electron chi connectivity index (χ0n) is 9.45. The molecule has 1 aliphatic rings. The average Bonchev–Trinajstić information content (AvgIpc) is 2.37. The first-order valence-corrected chi connectivity index (χ1v) is 5.87. The Kier molecular flexibility index (Phi) is 4.22. The molecule has 1 nitrogen and oxygen atoms in total. The Morgan fingerprint density at radius 3 is 2.81 bits per heavy atom. The van der Waals surface area contributed by atoms with E-state index in [4.69, 9.17) is 0 Å². The van der Waals surface area contributed by atoms with Crippen LogP contribution in [0.4, 0.5) is 0 Å². The molecular weight excluding hydrogens is 194 g/mol. The van der Waals surface area contributed by atoms with Gasteiger partial charge in [0.1, 0.15) is 0 Å².